The molecule has 2 N–H and O–H groups in total. The molecule has 5 heteroatoms. The van der Waals surface area contributed by atoms with Gasteiger partial charge in [0.1, 0.15) is 5.75 Å². The van der Waals surface area contributed by atoms with Gasteiger partial charge in [-0.1, -0.05) is 6.07 Å². The molecule has 1 amide bonds. The van der Waals surface area contributed by atoms with E-state index >= 15 is 0 Å². The monoisotopic (exact) mass is 305 g/mol. The predicted molar refractivity (Wildman–Crippen MR) is 83.2 cm³/mol. The summed E-state index contributed by atoms with van der Waals surface area (Å²) in [5.41, 5.74) is 1.58. The highest BCUT2D eigenvalue weighted by Crippen LogP contribution is 2.25. The molecule has 0 aromatic heterocycles. The number of hydrogen-bond donors (Lipinski definition) is 2. The van der Waals surface area contributed by atoms with E-state index in [0.29, 0.717) is 37.9 Å². The van der Waals surface area contributed by atoms with Gasteiger partial charge in [-0.05, 0) is 57.2 Å². The van der Waals surface area contributed by atoms with Gasteiger partial charge >= 0.3 is 5.97 Å². The fourth-order valence-electron chi connectivity index (χ4n) is 2.81. The Kier molecular flexibility index (Phi) is 5.41. The molecule has 1 aromatic rings. The van der Waals surface area contributed by atoms with E-state index in [9.17, 15) is 9.59 Å². The molecule has 0 unspecified atom stereocenters. The molecule has 0 radical (unpaired) electrons. The first-order valence-corrected chi connectivity index (χ1v) is 7.78. The minimum atomic E-state index is -0.732. The number of hydrogen-bond acceptors (Lipinski definition) is 3. The van der Waals surface area contributed by atoms with Gasteiger partial charge in [0.05, 0.1) is 12.5 Å². The van der Waals surface area contributed by atoms with E-state index in [4.69, 9.17) is 9.84 Å². The molecule has 22 heavy (non-hydrogen) atoms. The average molecular weight is 305 g/mol. The van der Waals surface area contributed by atoms with E-state index < -0.39 is 5.97 Å². The van der Waals surface area contributed by atoms with Crippen molar-refractivity contribution < 1.29 is 19.4 Å². The number of benzene rings is 1. The van der Waals surface area contributed by atoms with Crippen LogP contribution in [0.5, 0.6) is 5.75 Å². The Morgan fingerprint density at radius 1 is 1.27 bits per heavy atom. The normalized spacial score (nSPS) is 21.2. The Balaban J connectivity index is 1.95. The summed E-state index contributed by atoms with van der Waals surface area (Å²) in [7, 11) is 0. The van der Waals surface area contributed by atoms with Crippen molar-refractivity contribution in [2.45, 2.75) is 45.6 Å². The lowest BCUT2D eigenvalue weighted by Crippen LogP contribution is -2.38. The number of carbonyl (C=O) groups excluding carboxylic acids is 1. The molecule has 0 spiro atoms. The van der Waals surface area contributed by atoms with Crippen molar-refractivity contribution in [3.63, 3.8) is 0 Å². The van der Waals surface area contributed by atoms with Crippen molar-refractivity contribution in [1.29, 1.82) is 0 Å². The molecular weight excluding hydrogens is 282 g/mol. The second-order valence-corrected chi connectivity index (χ2v) is 5.77. The van der Waals surface area contributed by atoms with Gasteiger partial charge < -0.3 is 15.2 Å². The number of nitrogens with one attached hydrogen (secondary N) is 1. The van der Waals surface area contributed by atoms with Gasteiger partial charge in [0.2, 0.25) is 0 Å². The lowest BCUT2D eigenvalue weighted by Gasteiger charge is -2.26. The minimum Gasteiger partial charge on any atom is -0.494 e. The molecule has 1 aliphatic rings. The van der Waals surface area contributed by atoms with Crippen LogP contribution in [0.2, 0.25) is 0 Å². The summed E-state index contributed by atoms with van der Waals surface area (Å²) >= 11 is 0. The van der Waals surface area contributed by atoms with E-state index in [2.05, 4.69) is 5.32 Å². The highest BCUT2D eigenvalue weighted by atomic mass is 16.5. The first-order chi connectivity index (χ1) is 10.5. The molecule has 5 nitrogen and oxygen atoms in total. The van der Waals surface area contributed by atoms with Crippen LogP contribution in [0.1, 0.15) is 48.5 Å². The zero-order valence-electron chi connectivity index (χ0n) is 13.1. The fourth-order valence-corrected chi connectivity index (χ4v) is 2.81. The Labute approximate surface area is 130 Å². The molecule has 0 atom stereocenters. The molecule has 1 aliphatic carbocycles. The number of carboxylic acid groups (broad SMARTS) is 1. The molecule has 1 aromatic carbocycles. The van der Waals surface area contributed by atoms with Crippen LogP contribution in [0.15, 0.2) is 18.2 Å². The second kappa shape index (κ2) is 7.29. The number of aliphatic carboxylic acids is 1. The largest absolute Gasteiger partial charge is 0.494 e. The Bertz CT molecular complexity index is 548. The summed E-state index contributed by atoms with van der Waals surface area (Å²) in [4.78, 5) is 23.2. The molecule has 1 fully saturated rings. The van der Waals surface area contributed by atoms with E-state index in [1.165, 1.54) is 0 Å². The Morgan fingerprint density at radius 2 is 1.95 bits per heavy atom. The first kappa shape index (κ1) is 16.3. The highest BCUT2D eigenvalue weighted by molar-refractivity contribution is 5.94. The van der Waals surface area contributed by atoms with Crippen molar-refractivity contribution in [3.05, 3.63) is 29.3 Å². The number of carboxylic acids is 1. The van der Waals surface area contributed by atoms with Gasteiger partial charge in [0, 0.05) is 11.6 Å². The van der Waals surface area contributed by atoms with E-state index in [1.807, 2.05) is 19.9 Å². The summed E-state index contributed by atoms with van der Waals surface area (Å²) < 4.78 is 5.51. The van der Waals surface area contributed by atoms with Crippen molar-refractivity contribution >= 4 is 11.9 Å². The Morgan fingerprint density at radius 3 is 2.55 bits per heavy atom. The van der Waals surface area contributed by atoms with Gasteiger partial charge in [-0.3, -0.25) is 9.59 Å². The predicted octanol–water partition coefficient (Wildman–Crippen LogP) is 2.77. The van der Waals surface area contributed by atoms with Crippen LogP contribution in [0.25, 0.3) is 0 Å². The third kappa shape index (κ3) is 4.00. The number of ether oxygens (including phenoxy) is 1. The molecule has 0 aliphatic heterocycles. The number of rotatable bonds is 5. The maximum Gasteiger partial charge on any atom is 0.306 e. The zero-order valence-corrected chi connectivity index (χ0v) is 13.1. The van der Waals surface area contributed by atoms with Crippen LogP contribution in [0.4, 0.5) is 0 Å². The number of amides is 1. The van der Waals surface area contributed by atoms with Crippen molar-refractivity contribution in [2.24, 2.45) is 5.92 Å². The quantitative estimate of drug-likeness (QED) is 0.877. The molecule has 120 valence electrons. The smallest absolute Gasteiger partial charge is 0.306 e. The first-order valence-electron chi connectivity index (χ1n) is 7.78. The van der Waals surface area contributed by atoms with Crippen LogP contribution >= 0.6 is 0 Å². The molecule has 0 bridgehead atoms. The maximum atomic E-state index is 12.3. The summed E-state index contributed by atoms with van der Waals surface area (Å²) in [6.07, 6.45) is 2.68. The van der Waals surface area contributed by atoms with E-state index in [1.54, 1.807) is 12.1 Å². The fraction of sp³-hybridized carbons (Fsp3) is 0.529. The van der Waals surface area contributed by atoms with E-state index in [-0.39, 0.29) is 17.9 Å². The standard InChI is InChI=1S/C17H23NO4/c1-3-22-15-10-13(5-4-11(15)2)16(19)18-14-8-6-12(7-9-14)17(20)21/h4-5,10,12,14H,3,6-9H2,1-2H3,(H,18,19)(H,20,21). The number of aryl methyl sites for hydroxylation is 1. The van der Waals surface area contributed by atoms with Gasteiger partial charge in [-0.15, -0.1) is 0 Å². The second-order valence-electron chi connectivity index (χ2n) is 5.77. The molecular formula is C17H23NO4. The molecule has 1 saturated carbocycles. The lowest BCUT2D eigenvalue weighted by molar-refractivity contribution is -0.142. The van der Waals surface area contributed by atoms with Crippen molar-refractivity contribution in [2.75, 3.05) is 6.61 Å². The van der Waals surface area contributed by atoms with Gasteiger partial charge in [0.15, 0.2) is 0 Å². The number of carbonyl (C=O) groups is 2. The maximum absolute atomic E-state index is 12.3. The van der Waals surface area contributed by atoms with Crippen LogP contribution in [-0.4, -0.2) is 29.6 Å². The van der Waals surface area contributed by atoms with Crippen LogP contribution in [-0.2, 0) is 4.79 Å². The third-order valence-corrected chi connectivity index (χ3v) is 4.16. The summed E-state index contributed by atoms with van der Waals surface area (Å²) in [6, 6.07) is 5.48. The summed E-state index contributed by atoms with van der Waals surface area (Å²) in [5.74, 6) is -0.397. The molecule has 0 heterocycles. The SMILES string of the molecule is CCOc1cc(C(=O)NC2CCC(C(=O)O)CC2)ccc1C. The summed E-state index contributed by atoms with van der Waals surface area (Å²) in [6.45, 7) is 4.41. The van der Waals surface area contributed by atoms with Gasteiger partial charge in [-0.2, -0.15) is 0 Å². The zero-order chi connectivity index (χ0) is 16.1. The minimum absolute atomic E-state index is 0.0555. The summed E-state index contributed by atoms with van der Waals surface area (Å²) in [5, 5.41) is 12.0. The van der Waals surface area contributed by atoms with Gasteiger partial charge in [0.25, 0.3) is 5.91 Å². The Hall–Kier alpha value is -2.04. The molecule has 2 rings (SSSR count). The van der Waals surface area contributed by atoms with Crippen LogP contribution < -0.4 is 10.1 Å². The van der Waals surface area contributed by atoms with Crippen LogP contribution in [0, 0.1) is 12.8 Å². The van der Waals surface area contributed by atoms with Gasteiger partial charge in [-0.25, -0.2) is 0 Å². The average Bonchev–Trinajstić information content (AvgIpc) is 2.50. The van der Waals surface area contributed by atoms with Crippen molar-refractivity contribution in [3.8, 4) is 5.75 Å². The van der Waals surface area contributed by atoms with Crippen molar-refractivity contribution in [1.82, 2.24) is 5.32 Å². The lowest BCUT2D eigenvalue weighted by atomic mass is 9.86. The third-order valence-electron chi connectivity index (χ3n) is 4.16. The highest BCUT2D eigenvalue weighted by Gasteiger charge is 2.26. The van der Waals surface area contributed by atoms with E-state index in [0.717, 1.165) is 11.3 Å². The van der Waals surface area contributed by atoms with Crippen LogP contribution in [0.3, 0.4) is 0 Å². The molecule has 0 saturated heterocycles. The topological polar surface area (TPSA) is 75.6 Å².